The van der Waals surface area contributed by atoms with Crippen LogP contribution in [0, 0.1) is 0 Å². The van der Waals surface area contributed by atoms with Gasteiger partial charge in [0.15, 0.2) is 0 Å². The molecule has 1 aliphatic rings. The van der Waals surface area contributed by atoms with Crippen LogP contribution in [0.3, 0.4) is 0 Å². The van der Waals surface area contributed by atoms with Crippen LogP contribution in [0.1, 0.15) is 43.6 Å². The van der Waals surface area contributed by atoms with Crippen LogP contribution in [0.2, 0.25) is 0 Å². The number of carbonyl (C=O) groups excluding carboxylic acids is 1. The highest BCUT2D eigenvalue weighted by Crippen LogP contribution is 2.24. The summed E-state index contributed by atoms with van der Waals surface area (Å²) in [6.07, 6.45) is 9.84. The number of benzene rings is 1. The van der Waals surface area contributed by atoms with E-state index in [-0.39, 0.29) is 12.3 Å². The van der Waals surface area contributed by atoms with Crippen LogP contribution in [-0.4, -0.2) is 38.7 Å². The van der Waals surface area contributed by atoms with Gasteiger partial charge in [0.1, 0.15) is 5.75 Å². The van der Waals surface area contributed by atoms with E-state index in [1.165, 1.54) is 18.4 Å². The number of hydrogen-bond acceptors (Lipinski definition) is 7. The number of ether oxygens (including phenoxy) is 1. The van der Waals surface area contributed by atoms with Crippen molar-refractivity contribution in [3.05, 3.63) is 54.2 Å². The van der Waals surface area contributed by atoms with Crippen molar-refractivity contribution in [2.24, 2.45) is 0 Å². The summed E-state index contributed by atoms with van der Waals surface area (Å²) in [5.74, 6) is 2.00. The van der Waals surface area contributed by atoms with E-state index in [1.54, 1.807) is 18.5 Å². The molecule has 0 unspecified atom stereocenters. The largest absolute Gasteiger partial charge is 0.490 e. The van der Waals surface area contributed by atoms with Crippen molar-refractivity contribution in [1.29, 1.82) is 0 Å². The first-order valence-corrected chi connectivity index (χ1v) is 10.4. The first kappa shape index (κ1) is 20.0. The highest BCUT2D eigenvalue weighted by atomic mass is 16.5. The van der Waals surface area contributed by atoms with Crippen LogP contribution >= 0.6 is 0 Å². The van der Waals surface area contributed by atoms with Crippen molar-refractivity contribution in [3.8, 4) is 17.4 Å². The number of hydrogen-bond donors (Lipinski definition) is 1. The van der Waals surface area contributed by atoms with Gasteiger partial charge in [0.05, 0.1) is 6.10 Å². The fourth-order valence-electron chi connectivity index (χ4n) is 3.45. The minimum Gasteiger partial charge on any atom is -0.490 e. The molecule has 1 saturated carbocycles. The summed E-state index contributed by atoms with van der Waals surface area (Å²) in [5, 5.41) is 6.78. The molecule has 2 heterocycles. The van der Waals surface area contributed by atoms with Crippen molar-refractivity contribution in [2.45, 2.75) is 51.0 Å². The topological polar surface area (TPSA) is 103 Å². The predicted molar refractivity (Wildman–Crippen MR) is 110 cm³/mol. The molecule has 2 aromatic heterocycles. The van der Waals surface area contributed by atoms with Crippen molar-refractivity contribution >= 4 is 5.91 Å². The van der Waals surface area contributed by atoms with Crippen LogP contribution in [-0.2, 0) is 17.6 Å². The first-order chi connectivity index (χ1) is 14.8. The van der Waals surface area contributed by atoms with E-state index in [0.717, 1.165) is 25.0 Å². The Labute approximate surface area is 175 Å². The zero-order chi connectivity index (χ0) is 20.6. The molecule has 8 heteroatoms. The summed E-state index contributed by atoms with van der Waals surface area (Å²) >= 11 is 0. The Morgan fingerprint density at radius 2 is 1.83 bits per heavy atom. The van der Waals surface area contributed by atoms with Crippen LogP contribution in [0.15, 0.2) is 47.2 Å². The van der Waals surface area contributed by atoms with Gasteiger partial charge in [-0.25, -0.2) is 9.97 Å². The number of rotatable bonds is 9. The van der Waals surface area contributed by atoms with Gasteiger partial charge in [-0.2, -0.15) is 4.98 Å². The summed E-state index contributed by atoms with van der Waals surface area (Å²) in [4.78, 5) is 24.5. The van der Waals surface area contributed by atoms with E-state index in [0.29, 0.717) is 36.6 Å². The zero-order valence-electron chi connectivity index (χ0n) is 16.8. The summed E-state index contributed by atoms with van der Waals surface area (Å²) < 4.78 is 11.1. The van der Waals surface area contributed by atoms with Gasteiger partial charge in [0, 0.05) is 31.8 Å². The van der Waals surface area contributed by atoms with E-state index in [2.05, 4.69) is 37.6 Å². The lowest BCUT2D eigenvalue weighted by atomic mass is 10.1. The van der Waals surface area contributed by atoms with Crippen molar-refractivity contribution in [3.63, 3.8) is 0 Å². The molecule has 30 heavy (non-hydrogen) atoms. The van der Waals surface area contributed by atoms with Crippen molar-refractivity contribution in [2.75, 3.05) is 6.54 Å². The SMILES string of the molecule is O=C(CCc1nc(-c2ncccn2)no1)NCCc1ccc(OC2CCCC2)cc1. The summed E-state index contributed by atoms with van der Waals surface area (Å²) in [6, 6.07) is 9.86. The fourth-order valence-corrected chi connectivity index (χ4v) is 3.45. The van der Waals surface area contributed by atoms with Gasteiger partial charge in [-0.15, -0.1) is 0 Å². The molecule has 0 atom stereocenters. The molecule has 1 fully saturated rings. The van der Waals surface area contributed by atoms with Crippen LogP contribution in [0.25, 0.3) is 11.6 Å². The highest BCUT2D eigenvalue weighted by molar-refractivity contribution is 5.76. The molecule has 3 aromatic rings. The Balaban J connectivity index is 1.16. The van der Waals surface area contributed by atoms with E-state index < -0.39 is 0 Å². The second kappa shape index (κ2) is 9.96. The lowest BCUT2D eigenvalue weighted by molar-refractivity contribution is -0.121. The average molecular weight is 407 g/mol. The van der Waals surface area contributed by atoms with Crippen molar-refractivity contribution < 1.29 is 14.1 Å². The molecule has 4 rings (SSSR count). The Kier molecular flexibility index (Phi) is 6.64. The van der Waals surface area contributed by atoms with Gasteiger partial charge in [-0.1, -0.05) is 17.3 Å². The lowest BCUT2D eigenvalue weighted by Crippen LogP contribution is -2.25. The maximum Gasteiger partial charge on any atom is 0.240 e. The van der Waals surface area contributed by atoms with Gasteiger partial charge in [0.25, 0.3) is 0 Å². The molecule has 1 aromatic carbocycles. The van der Waals surface area contributed by atoms with Gasteiger partial charge in [0.2, 0.25) is 23.4 Å². The van der Waals surface area contributed by atoms with Crippen LogP contribution in [0.4, 0.5) is 0 Å². The number of nitrogens with zero attached hydrogens (tertiary/aromatic N) is 4. The van der Waals surface area contributed by atoms with Crippen LogP contribution < -0.4 is 10.1 Å². The quantitative estimate of drug-likeness (QED) is 0.581. The van der Waals surface area contributed by atoms with E-state index >= 15 is 0 Å². The molecular weight excluding hydrogens is 382 g/mol. The normalized spacial score (nSPS) is 14.0. The first-order valence-electron chi connectivity index (χ1n) is 10.4. The third-order valence-corrected chi connectivity index (χ3v) is 5.06. The Morgan fingerprint density at radius 1 is 1.07 bits per heavy atom. The van der Waals surface area contributed by atoms with Crippen LogP contribution in [0.5, 0.6) is 5.75 Å². The molecule has 0 saturated heterocycles. The Bertz CT molecular complexity index is 937. The van der Waals surface area contributed by atoms with Gasteiger partial charge in [-0.3, -0.25) is 4.79 Å². The molecule has 0 radical (unpaired) electrons. The number of aromatic nitrogens is 4. The third-order valence-electron chi connectivity index (χ3n) is 5.06. The molecule has 1 amide bonds. The number of amides is 1. The Hall–Kier alpha value is -3.29. The zero-order valence-corrected chi connectivity index (χ0v) is 16.8. The maximum atomic E-state index is 12.1. The molecule has 1 aliphatic carbocycles. The lowest BCUT2D eigenvalue weighted by Gasteiger charge is -2.13. The summed E-state index contributed by atoms with van der Waals surface area (Å²) in [5.41, 5.74) is 1.17. The standard InChI is InChI=1S/C22H25N5O3/c28-19(10-11-20-26-22(27-30-20)21-24-13-3-14-25-21)23-15-12-16-6-8-18(9-7-16)29-17-4-1-2-5-17/h3,6-9,13-14,17H,1-2,4-5,10-12,15H2,(H,23,28). The van der Waals surface area contributed by atoms with Gasteiger partial charge in [-0.05, 0) is 55.9 Å². The van der Waals surface area contributed by atoms with E-state index in [1.807, 2.05) is 12.1 Å². The molecule has 0 aliphatic heterocycles. The second-order valence-electron chi connectivity index (χ2n) is 7.35. The fraction of sp³-hybridized carbons (Fsp3) is 0.409. The van der Waals surface area contributed by atoms with Gasteiger partial charge < -0.3 is 14.6 Å². The van der Waals surface area contributed by atoms with Gasteiger partial charge >= 0.3 is 0 Å². The smallest absolute Gasteiger partial charge is 0.240 e. The van der Waals surface area contributed by atoms with Crippen molar-refractivity contribution in [1.82, 2.24) is 25.4 Å². The predicted octanol–water partition coefficient (Wildman–Crippen LogP) is 3.14. The maximum absolute atomic E-state index is 12.1. The Morgan fingerprint density at radius 3 is 2.60 bits per heavy atom. The third kappa shape index (κ3) is 5.62. The molecule has 0 spiro atoms. The minimum absolute atomic E-state index is 0.0492. The highest BCUT2D eigenvalue weighted by Gasteiger charge is 2.16. The number of carbonyl (C=O) groups is 1. The second-order valence-corrected chi connectivity index (χ2v) is 7.35. The minimum atomic E-state index is -0.0492. The molecule has 0 bridgehead atoms. The van der Waals surface area contributed by atoms with E-state index in [4.69, 9.17) is 9.26 Å². The average Bonchev–Trinajstić information content (AvgIpc) is 3.46. The van der Waals surface area contributed by atoms with E-state index in [9.17, 15) is 4.79 Å². The molecule has 1 N–H and O–H groups in total. The summed E-state index contributed by atoms with van der Waals surface area (Å²) in [6.45, 7) is 0.578. The monoisotopic (exact) mass is 407 g/mol. The number of nitrogens with one attached hydrogen (secondary N) is 1. The molecular formula is C22H25N5O3. The summed E-state index contributed by atoms with van der Waals surface area (Å²) in [7, 11) is 0. The molecule has 8 nitrogen and oxygen atoms in total. The number of aryl methyl sites for hydroxylation is 1. The molecule has 156 valence electrons.